The number of rotatable bonds is 10. The third-order valence-corrected chi connectivity index (χ3v) is 4.04. The Bertz CT molecular complexity index is 415. The molecule has 0 bridgehead atoms. The molecule has 0 spiro atoms. The summed E-state index contributed by atoms with van der Waals surface area (Å²) in [6.07, 6.45) is 5.67. The fourth-order valence-corrected chi connectivity index (χ4v) is 2.34. The third kappa shape index (κ3) is 4.59. The Hall–Kier alpha value is -1.84. The second-order valence-electron chi connectivity index (χ2n) is 6.26. The van der Waals surface area contributed by atoms with Crippen molar-refractivity contribution in [3.05, 3.63) is 49.1 Å². The van der Waals surface area contributed by atoms with E-state index in [-0.39, 0.29) is 0 Å². The SMILES string of the molecule is C=C(CC(=C)NN(C)C(=C)C1CC1)NN(C)C(=C)C1CC1. The van der Waals surface area contributed by atoms with Crippen molar-refractivity contribution in [1.29, 1.82) is 0 Å². The van der Waals surface area contributed by atoms with Crippen molar-refractivity contribution in [3.8, 4) is 0 Å². The molecule has 2 N–H and O–H groups in total. The van der Waals surface area contributed by atoms with E-state index in [1.807, 2.05) is 24.1 Å². The molecule has 21 heavy (non-hydrogen) atoms. The lowest BCUT2D eigenvalue weighted by Gasteiger charge is -2.28. The molecular weight excluding hydrogens is 260 g/mol. The second-order valence-corrected chi connectivity index (χ2v) is 6.26. The number of hydrazine groups is 2. The van der Waals surface area contributed by atoms with Gasteiger partial charge in [-0.3, -0.25) is 10.0 Å². The van der Waals surface area contributed by atoms with Gasteiger partial charge in [0, 0.05) is 55.1 Å². The molecule has 2 fully saturated rings. The molecule has 0 atom stereocenters. The Kier molecular flexibility index (Phi) is 4.66. The van der Waals surface area contributed by atoms with Crippen molar-refractivity contribution in [2.24, 2.45) is 11.8 Å². The minimum Gasteiger partial charge on any atom is -0.303 e. The zero-order chi connectivity index (χ0) is 15.6. The van der Waals surface area contributed by atoms with Crippen molar-refractivity contribution in [3.63, 3.8) is 0 Å². The highest BCUT2D eigenvalue weighted by Crippen LogP contribution is 2.37. The van der Waals surface area contributed by atoms with E-state index in [2.05, 4.69) is 37.2 Å². The van der Waals surface area contributed by atoms with Gasteiger partial charge < -0.3 is 10.9 Å². The standard InChI is InChI=1S/C17H28N4/c1-12(18-20(5)14(3)16-7-8-16)11-13(2)19-21(6)15(4)17-9-10-17/h16-19H,1-4,7-11H2,5-6H3. The van der Waals surface area contributed by atoms with E-state index < -0.39 is 0 Å². The number of hydrogen-bond acceptors (Lipinski definition) is 4. The summed E-state index contributed by atoms with van der Waals surface area (Å²) in [5.41, 5.74) is 10.6. The summed E-state index contributed by atoms with van der Waals surface area (Å²) in [5, 5.41) is 3.94. The molecule has 2 rings (SSSR count). The molecule has 0 aromatic carbocycles. The van der Waals surface area contributed by atoms with Crippen LogP contribution in [0.1, 0.15) is 32.1 Å². The lowest BCUT2D eigenvalue weighted by Crippen LogP contribution is -2.36. The van der Waals surface area contributed by atoms with Gasteiger partial charge in [0.2, 0.25) is 0 Å². The van der Waals surface area contributed by atoms with Gasteiger partial charge in [-0.1, -0.05) is 26.3 Å². The summed E-state index contributed by atoms with van der Waals surface area (Å²) in [4.78, 5) is 0. The maximum Gasteiger partial charge on any atom is 0.0303 e. The fourth-order valence-electron chi connectivity index (χ4n) is 2.34. The molecular formula is C17H28N4. The third-order valence-electron chi connectivity index (χ3n) is 4.04. The molecule has 2 aliphatic carbocycles. The minimum atomic E-state index is 0.643. The van der Waals surface area contributed by atoms with E-state index >= 15 is 0 Å². The van der Waals surface area contributed by atoms with Gasteiger partial charge in [0.25, 0.3) is 0 Å². The quantitative estimate of drug-likeness (QED) is 0.605. The monoisotopic (exact) mass is 288 g/mol. The summed E-state index contributed by atoms with van der Waals surface area (Å²) in [6.45, 7) is 16.3. The summed E-state index contributed by atoms with van der Waals surface area (Å²) in [6, 6.07) is 0. The van der Waals surface area contributed by atoms with Gasteiger partial charge in [0.15, 0.2) is 0 Å². The highest BCUT2D eigenvalue weighted by Gasteiger charge is 2.28. The van der Waals surface area contributed by atoms with Crippen LogP contribution < -0.4 is 10.9 Å². The van der Waals surface area contributed by atoms with Crippen molar-refractivity contribution in [1.82, 2.24) is 20.9 Å². The van der Waals surface area contributed by atoms with Crippen LogP contribution in [0.5, 0.6) is 0 Å². The first-order chi connectivity index (χ1) is 9.88. The molecule has 0 radical (unpaired) electrons. The largest absolute Gasteiger partial charge is 0.303 e. The smallest absolute Gasteiger partial charge is 0.0303 e. The maximum absolute atomic E-state index is 4.11. The van der Waals surface area contributed by atoms with Gasteiger partial charge in [-0.2, -0.15) is 0 Å². The molecule has 4 nitrogen and oxygen atoms in total. The molecule has 0 aromatic heterocycles. The van der Waals surface area contributed by atoms with Gasteiger partial charge >= 0.3 is 0 Å². The van der Waals surface area contributed by atoms with Crippen molar-refractivity contribution in [2.45, 2.75) is 32.1 Å². The van der Waals surface area contributed by atoms with Crippen LogP contribution in [0.3, 0.4) is 0 Å². The first kappa shape index (κ1) is 15.5. The number of nitrogens with zero attached hydrogens (tertiary/aromatic N) is 2. The van der Waals surface area contributed by atoms with Gasteiger partial charge in [-0.15, -0.1) is 0 Å². The molecule has 0 saturated heterocycles. The second kappa shape index (κ2) is 6.29. The van der Waals surface area contributed by atoms with Crippen LogP contribution in [0, 0.1) is 11.8 Å². The van der Waals surface area contributed by atoms with Crippen LogP contribution in [0.15, 0.2) is 49.1 Å². The molecule has 0 aromatic rings. The van der Waals surface area contributed by atoms with Crippen LogP contribution in [0.25, 0.3) is 0 Å². The average molecular weight is 288 g/mol. The molecule has 116 valence electrons. The summed E-state index contributed by atoms with van der Waals surface area (Å²) in [5.74, 6) is 1.29. The minimum absolute atomic E-state index is 0.643. The normalized spacial score (nSPS) is 16.9. The summed E-state index contributed by atoms with van der Waals surface area (Å²) >= 11 is 0. The van der Waals surface area contributed by atoms with E-state index in [1.54, 1.807) is 0 Å². The Labute approximate surface area is 128 Å². The van der Waals surface area contributed by atoms with Gasteiger partial charge in [0.1, 0.15) is 0 Å². The maximum atomic E-state index is 4.11. The van der Waals surface area contributed by atoms with Crippen molar-refractivity contribution < 1.29 is 0 Å². The Morgan fingerprint density at radius 3 is 1.43 bits per heavy atom. The Balaban J connectivity index is 1.69. The number of allylic oxidation sites excluding steroid dienone is 2. The highest BCUT2D eigenvalue weighted by atomic mass is 15.5. The zero-order valence-corrected chi connectivity index (χ0v) is 13.4. The fraction of sp³-hybridized carbons (Fsp3) is 0.529. The van der Waals surface area contributed by atoms with Gasteiger partial charge in [-0.05, 0) is 25.7 Å². The van der Waals surface area contributed by atoms with E-state index in [1.165, 1.54) is 25.7 Å². The molecule has 0 unspecified atom stereocenters. The molecule has 2 aliphatic rings. The van der Waals surface area contributed by atoms with Crippen molar-refractivity contribution in [2.75, 3.05) is 14.1 Å². The molecule has 4 heteroatoms. The first-order valence-corrected chi connectivity index (χ1v) is 7.62. The van der Waals surface area contributed by atoms with Crippen LogP contribution >= 0.6 is 0 Å². The van der Waals surface area contributed by atoms with Gasteiger partial charge in [-0.25, -0.2) is 0 Å². The first-order valence-electron chi connectivity index (χ1n) is 7.62. The number of hydrogen-bond donors (Lipinski definition) is 2. The van der Waals surface area contributed by atoms with Crippen LogP contribution in [-0.4, -0.2) is 24.1 Å². The van der Waals surface area contributed by atoms with E-state index in [0.717, 1.165) is 22.8 Å². The van der Waals surface area contributed by atoms with E-state index in [0.29, 0.717) is 18.3 Å². The Morgan fingerprint density at radius 2 is 1.14 bits per heavy atom. The highest BCUT2D eigenvalue weighted by molar-refractivity contribution is 5.11. The lowest BCUT2D eigenvalue weighted by atomic mass is 10.3. The van der Waals surface area contributed by atoms with Crippen LogP contribution in [-0.2, 0) is 0 Å². The van der Waals surface area contributed by atoms with Crippen LogP contribution in [0.2, 0.25) is 0 Å². The van der Waals surface area contributed by atoms with E-state index in [9.17, 15) is 0 Å². The number of nitrogens with one attached hydrogen (secondary N) is 2. The summed E-state index contributed by atoms with van der Waals surface area (Å²) in [7, 11) is 3.98. The van der Waals surface area contributed by atoms with E-state index in [4.69, 9.17) is 0 Å². The topological polar surface area (TPSA) is 30.5 Å². The zero-order valence-electron chi connectivity index (χ0n) is 13.4. The molecule has 0 amide bonds. The average Bonchev–Trinajstić information content (AvgIpc) is 3.29. The van der Waals surface area contributed by atoms with Gasteiger partial charge in [0.05, 0.1) is 0 Å². The summed E-state index contributed by atoms with van der Waals surface area (Å²) < 4.78 is 0. The Morgan fingerprint density at radius 1 is 0.810 bits per heavy atom. The molecule has 0 heterocycles. The lowest BCUT2D eigenvalue weighted by molar-refractivity contribution is 0.303. The van der Waals surface area contributed by atoms with Crippen LogP contribution in [0.4, 0.5) is 0 Å². The predicted molar refractivity (Wildman–Crippen MR) is 88.4 cm³/mol. The predicted octanol–water partition coefficient (Wildman–Crippen LogP) is 3.12. The molecule has 0 aliphatic heterocycles. The molecule has 2 saturated carbocycles. The van der Waals surface area contributed by atoms with Crippen molar-refractivity contribution >= 4 is 0 Å².